The molecule has 8 nitrogen and oxygen atoms in total. The minimum absolute atomic E-state index is 0.125. The Morgan fingerprint density at radius 1 is 0.979 bits per heavy atom. The largest absolute Gasteiger partial charge is 0.412 e. The molecule has 0 unspecified atom stereocenters. The SMILES string of the molecule is CC.CCNC(=O)c1cc(NC(=O)c2ccccc2C2=CC=C(C(F)(F)F)CC2)cn1C.c1ccc(C2CCC3(CC2)OCCO3)nc1. The summed E-state index contributed by atoms with van der Waals surface area (Å²) in [6.45, 7) is 7.81. The van der Waals surface area contributed by atoms with Crippen molar-refractivity contribution in [2.24, 2.45) is 7.05 Å². The fourth-order valence-electron chi connectivity index (χ4n) is 6.12. The number of halogens is 3. The molecular formula is C37H45F3N4O4. The first-order chi connectivity index (χ1) is 23.1. The number of amides is 2. The first kappa shape index (κ1) is 36.6. The van der Waals surface area contributed by atoms with E-state index in [0.29, 0.717) is 40.5 Å². The molecule has 1 aliphatic heterocycles. The lowest BCUT2D eigenvalue weighted by Crippen LogP contribution is -2.34. The molecule has 2 aliphatic carbocycles. The molecule has 1 saturated carbocycles. The van der Waals surface area contributed by atoms with Crippen LogP contribution in [0.3, 0.4) is 0 Å². The number of benzene rings is 1. The van der Waals surface area contributed by atoms with Gasteiger partial charge in [-0.15, -0.1) is 0 Å². The topological polar surface area (TPSA) is 94.5 Å². The molecule has 3 aromatic rings. The molecule has 2 N–H and O–H groups in total. The van der Waals surface area contributed by atoms with Gasteiger partial charge >= 0.3 is 6.18 Å². The lowest BCUT2D eigenvalue weighted by molar-refractivity contribution is -0.178. The zero-order chi connectivity index (χ0) is 34.7. The Balaban J connectivity index is 0.000000241. The van der Waals surface area contributed by atoms with Crippen molar-refractivity contribution in [3.05, 3.63) is 101 Å². The Labute approximate surface area is 280 Å². The molecule has 2 aromatic heterocycles. The molecular weight excluding hydrogens is 621 g/mol. The summed E-state index contributed by atoms with van der Waals surface area (Å²) in [6.07, 6.45) is 6.00. The van der Waals surface area contributed by atoms with E-state index in [1.807, 2.05) is 33.0 Å². The third-order valence-electron chi connectivity index (χ3n) is 8.53. The number of carbonyl (C=O) groups excluding carboxylic acids is 2. The smallest absolute Gasteiger partial charge is 0.351 e. The number of rotatable bonds is 6. The van der Waals surface area contributed by atoms with Gasteiger partial charge in [0, 0.05) is 61.6 Å². The van der Waals surface area contributed by atoms with Crippen molar-refractivity contribution in [1.29, 1.82) is 0 Å². The van der Waals surface area contributed by atoms with Gasteiger partial charge < -0.3 is 24.7 Å². The van der Waals surface area contributed by atoms with Crippen LogP contribution in [0.2, 0.25) is 0 Å². The van der Waals surface area contributed by atoms with Crippen molar-refractivity contribution in [1.82, 2.24) is 14.9 Å². The van der Waals surface area contributed by atoms with Crippen molar-refractivity contribution in [3.63, 3.8) is 0 Å². The van der Waals surface area contributed by atoms with Gasteiger partial charge in [-0.05, 0) is 68.0 Å². The number of alkyl halides is 3. The Hall–Kier alpha value is -4.22. The maximum atomic E-state index is 12.9. The van der Waals surface area contributed by atoms with Crippen molar-refractivity contribution in [2.45, 2.75) is 77.2 Å². The van der Waals surface area contributed by atoms with Crippen LogP contribution in [0.25, 0.3) is 5.57 Å². The average Bonchev–Trinajstić information content (AvgIpc) is 3.72. The Bertz CT molecular complexity index is 1580. The summed E-state index contributed by atoms with van der Waals surface area (Å²) in [6, 6.07) is 14.5. The summed E-state index contributed by atoms with van der Waals surface area (Å²) in [5, 5.41) is 5.47. The molecule has 2 amide bonds. The molecule has 0 atom stereocenters. The number of anilines is 1. The van der Waals surface area contributed by atoms with Crippen LogP contribution in [0.15, 0.2) is 78.6 Å². The highest BCUT2D eigenvalue weighted by Crippen LogP contribution is 2.41. The summed E-state index contributed by atoms with van der Waals surface area (Å²) in [7, 11) is 1.70. The molecule has 6 rings (SSSR count). The average molecular weight is 667 g/mol. The van der Waals surface area contributed by atoms with Gasteiger partial charge in [0.2, 0.25) is 0 Å². The number of aromatic nitrogens is 2. The van der Waals surface area contributed by atoms with E-state index in [4.69, 9.17) is 9.47 Å². The van der Waals surface area contributed by atoms with Gasteiger partial charge in [0.05, 0.1) is 18.9 Å². The number of nitrogens with zero attached hydrogens (tertiary/aromatic N) is 2. The van der Waals surface area contributed by atoms with Crippen LogP contribution in [0.4, 0.5) is 18.9 Å². The van der Waals surface area contributed by atoms with Gasteiger partial charge in [0.25, 0.3) is 11.8 Å². The molecule has 3 heterocycles. The third kappa shape index (κ3) is 9.23. The van der Waals surface area contributed by atoms with Crippen molar-refractivity contribution >= 4 is 23.1 Å². The third-order valence-corrected chi connectivity index (χ3v) is 8.53. The summed E-state index contributed by atoms with van der Waals surface area (Å²) < 4.78 is 51.7. The van der Waals surface area contributed by atoms with Gasteiger partial charge in [0.1, 0.15) is 5.69 Å². The summed E-state index contributed by atoms with van der Waals surface area (Å²) in [5.41, 5.74) is 3.12. The lowest BCUT2D eigenvalue weighted by Gasteiger charge is -2.35. The molecule has 258 valence electrons. The number of aryl methyl sites for hydroxylation is 1. The monoisotopic (exact) mass is 666 g/mol. The van der Waals surface area contributed by atoms with Crippen LogP contribution < -0.4 is 10.6 Å². The molecule has 1 saturated heterocycles. The predicted molar refractivity (Wildman–Crippen MR) is 181 cm³/mol. The first-order valence-corrected chi connectivity index (χ1v) is 16.6. The molecule has 2 fully saturated rings. The van der Waals surface area contributed by atoms with Crippen LogP contribution in [-0.4, -0.2) is 53.1 Å². The van der Waals surface area contributed by atoms with Crippen LogP contribution in [0.5, 0.6) is 0 Å². The second-order valence-corrected chi connectivity index (χ2v) is 11.6. The van der Waals surface area contributed by atoms with E-state index in [-0.39, 0.29) is 24.5 Å². The number of pyridine rings is 1. The standard InChI is InChI=1S/C22H22F3N3O2.C13H17NO2.C2H6/c1-3-26-21(30)19-12-16(13-28(19)2)27-20(29)18-7-5-4-6-17(18)14-8-10-15(11-9-14)22(23,24)25;1-2-8-14-12(3-1)11-4-6-13(7-5-11)15-9-10-16-13;1-2/h4-8,10,12-13H,3,9,11H2,1-2H3,(H,26,30)(H,27,29);1-3,8,11H,4-7,9-10H2;1-2H3. The number of carbonyl (C=O) groups is 2. The maximum absolute atomic E-state index is 12.9. The number of ether oxygens (including phenoxy) is 2. The Morgan fingerprint density at radius 3 is 2.27 bits per heavy atom. The predicted octanol–water partition coefficient (Wildman–Crippen LogP) is 8.20. The molecule has 48 heavy (non-hydrogen) atoms. The fraction of sp³-hybridized carbons (Fsp3) is 0.432. The first-order valence-electron chi connectivity index (χ1n) is 16.6. The van der Waals surface area contributed by atoms with Crippen molar-refractivity contribution in [2.75, 3.05) is 25.1 Å². The molecule has 1 aromatic carbocycles. The van der Waals surface area contributed by atoms with E-state index in [1.165, 1.54) is 11.8 Å². The van der Waals surface area contributed by atoms with E-state index < -0.39 is 17.7 Å². The van der Waals surface area contributed by atoms with Crippen molar-refractivity contribution in [3.8, 4) is 0 Å². The van der Waals surface area contributed by atoms with E-state index in [0.717, 1.165) is 45.0 Å². The zero-order valence-electron chi connectivity index (χ0n) is 28.0. The molecule has 3 aliphatic rings. The summed E-state index contributed by atoms with van der Waals surface area (Å²) in [4.78, 5) is 29.4. The number of allylic oxidation sites excluding steroid dienone is 4. The summed E-state index contributed by atoms with van der Waals surface area (Å²) in [5.74, 6) is -0.309. The van der Waals surface area contributed by atoms with Gasteiger partial charge in [-0.25, -0.2) is 0 Å². The highest BCUT2D eigenvalue weighted by molar-refractivity contribution is 6.08. The van der Waals surface area contributed by atoms with Crippen LogP contribution in [0, 0.1) is 0 Å². The number of hydrogen-bond acceptors (Lipinski definition) is 5. The second kappa shape index (κ2) is 16.7. The fourth-order valence-corrected chi connectivity index (χ4v) is 6.12. The van der Waals surface area contributed by atoms with Gasteiger partial charge in [-0.3, -0.25) is 14.6 Å². The van der Waals surface area contributed by atoms with E-state index in [2.05, 4.69) is 27.8 Å². The Kier molecular flexibility index (Phi) is 12.8. The highest BCUT2D eigenvalue weighted by Gasteiger charge is 2.40. The van der Waals surface area contributed by atoms with Gasteiger partial charge in [-0.1, -0.05) is 50.3 Å². The second-order valence-electron chi connectivity index (χ2n) is 11.6. The summed E-state index contributed by atoms with van der Waals surface area (Å²) >= 11 is 0. The van der Waals surface area contributed by atoms with E-state index in [9.17, 15) is 22.8 Å². The lowest BCUT2D eigenvalue weighted by atomic mass is 9.83. The van der Waals surface area contributed by atoms with E-state index >= 15 is 0 Å². The van der Waals surface area contributed by atoms with Crippen LogP contribution >= 0.6 is 0 Å². The normalized spacial score (nSPS) is 17.2. The number of nitrogens with one attached hydrogen (secondary N) is 2. The van der Waals surface area contributed by atoms with Gasteiger partial charge in [-0.2, -0.15) is 13.2 Å². The van der Waals surface area contributed by atoms with Crippen LogP contribution in [-0.2, 0) is 16.5 Å². The minimum atomic E-state index is -4.34. The zero-order valence-corrected chi connectivity index (χ0v) is 28.0. The van der Waals surface area contributed by atoms with E-state index in [1.54, 1.807) is 48.1 Å². The molecule has 11 heteroatoms. The van der Waals surface area contributed by atoms with Crippen molar-refractivity contribution < 1.29 is 32.2 Å². The molecule has 0 bridgehead atoms. The van der Waals surface area contributed by atoms with Gasteiger partial charge in [0.15, 0.2) is 5.79 Å². The quantitative estimate of drug-likeness (QED) is 0.277. The molecule has 0 radical (unpaired) electrons. The molecule has 1 spiro atoms. The Morgan fingerprint density at radius 2 is 1.67 bits per heavy atom. The van der Waals surface area contributed by atoms with Crippen LogP contribution in [0.1, 0.15) is 97.3 Å². The number of hydrogen-bond donors (Lipinski definition) is 2. The minimum Gasteiger partial charge on any atom is -0.351 e. The maximum Gasteiger partial charge on any atom is 0.412 e. The highest BCUT2D eigenvalue weighted by atomic mass is 19.4.